The van der Waals surface area contributed by atoms with Crippen LogP contribution in [0.1, 0.15) is 41.8 Å². The number of hydrogen-bond donors (Lipinski definition) is 0. The van der Waals surface area contributed by atoms with Crippen LogP contribution in [0.25, 0.3) is 0 Å². The van der Waals surface area contributed by atoms with E-state index in [4.69, 9.17) is 0 Å². The molecule has 5 rings (SSSR count). The van der Waals surface area contributed by atoms with Gasteiger partial charge in [0.2, 0.25) is 0 Å². The third-order valence-corrected chi connectivity index (χ3v) is 6.41. The van der Waals surface area contributed by atoms with E-state index in [2.05, 4.69) is 31.2 Å². The molecule has 1 fully saturated rings. The van der Waals surface area contributed by atoms with Crippen molar-refractivity contribution in [3.63, 3.8) is 0 Å². The van der Waals surface area contributed by atoms with Crippen molar-refractivity contribution < 1.29 is 0 Å². The summed E-state index contributed by atoms with van der Waals surface area (Å²) >= 11 is 0. The molecule has 0 N–H and O–H groups in total. The Kier molecular flexibility index (Phi) is 4.84. The molecule has 0 spiro atoms. The first kappa shape index (κ1) is 17.8. The lowest BCUT2D eigenvalue weighted by molar-refractivity contribution is 0.242. The van der Waals surface area contributed by atoms with Crippen LogP contribution >= 0.6 is 0 Å². The minimum absolute atomic E-state index is 0.0450. The molecule has 7 heteroatoms. The van der Waals surface area contributed by atoms with E-state index >= 15 is 0 Å². The summed E-state index contributed by atoms with van der Waals surface area (Å²) in [5, 5.41) is 13.5. The van der Waals surface area contributed by atoms with Crippen LogP contribution < -0.4 is 10.5 Å². The Morgan fingerprint density at radius 2 is 1.54 bits per heavy atom. The number of hydrogen-bond acceptors (Lipinski definition) is 6. The molecule has 7 nitrogen and oxygen atoms in total. The SMILES string of the molecule is O=c1cc2c(nn1CCN1CCN(c3cc4c(nn3)CCCC4)CC1)CCC2. The van der Waals surface area contributed by atoms with E-state index in [9.17, 15) is 4.79 Å². The Morgan fingerprint density at radius 3 is 2.43 bits per heavy atom. The van der Waals surface area contributed by atoms with Crippen LogP contribution in [-0.4, -0.2) is 57.6 Å². The minimum Gasteiger partial charge on any atom is -0.353 e. The molecule has 0 unspecified atom stereocenters. The Bertz CT molecular complexity index is 916. The predicted molar refractivity (Wildman–Crippen MR) is 108 cm³/mol. The Hall–Kier alpha value is -2.28. The Balaban J connectivity index is 1.17. The van der Waals surface area contributed by atoms with Gasteiger partial charge in [0.1, 0.15) is 0 Å². The van der Waals surface area contributed by atoms with Crippen LogP contribution in [0.5, 0.6) is 0 Å². The van der Waals surface area contributed by atoms with Crippen LogP contribution in [0.3, 0.4) is 0 Å². The summed E-state index contributed by atoms with van der Waals surface area (Å²) in [6.45, 7) is 5.43. The van der Waals surface area contributed by atoms with Crippen LogP contribution in [0.15, 0.2) is 16.9 Å². The predicted octanol–water partition coefficient (Wildman–Crippen LogP) is 1.22. The van der Waals surface area contributed by atoms with Gasteiger partial charge in [0.25, 0.3) is 5.56 Å². The van der Waals surface area contributed by atoms with Gasteiger partial charge in [-0.3, -0.25) is 9.69 Å². The Labute approximate surface area is 165 Å². The highest BCUT2D eigenvalue weighted by atomic mass is 16.1. The summed E-state index contributed by atoms with van der Waals surface area (Å²) in [5.41, 5.74) is 4.90. The van der Waals surface area contributed by atoms with Crippen molar-refractivity contribution in [3.05, 3.63) is 45.0 Å². The van der Waals surface area contributed by atoms with Crippen molar-refractivity contribution in [2.75, 3.05) is 37.6 Å². The van der Waals surface area contributed by atoms with Gasteiger partial charge in [0, 0.05) is 38.8 Å². The largest absolute Gasteiger partial charge is 0.353 e. The number of nitrogens with zero attached hydrogens (tertiary/aromatic N) is 6. The molecule has 2 aromatic heterocycles. The second-order valence-corrected chi connectivity index (χ2v) is 8.24. The zero-order valence-electron chi connectivity index (χ0n) is 16.4. The van der Waals surface area contributed by atoms with Crippen LogP contribution in [0, 0.1) is 0 Å². The molecule has 0 bridgehead atoms. The first-order valence-electron chi connectivity index (χ1n) is 10.7. The molecule has 28 heavy (non-hydrogen) atoms. The topological polar surface area (TPSA) is 67.2 Å². The zero-order chi connectivity index (χ0) is 18.9. The van der Waals surface area contributed by atoms with E-state index in [0.717, 1.165) is 81.9 Å². The fraction of sp³-hybridized carbons (Fsp3) is 0.619. The van der Waals surface area contributed by atoms with Gasteiger partial charge in [-0.05, 0) is 62.1 Å². The van der Waals surface area contributed by atoms with Crippen molar-refractivity contribution in [3.8, 4) is 0 Å². The summed E-state index contributed by atoms with van der Waals surface area (Å²) in [6.07, 6.45) is 7.86. The van der Waals surface area contributed by atoms with Crippen molar-refractivity contribution in [2.45, 2.75) is 51.5 Å². The van der Waals surface area contributed by atoms with Gasteiger partial charge in [-0.2, -0.15) is 10.2 Å². The molecule has 148 valence electrons. The van der Waals surface area contributed by atoms with Crippen molar-refractivity contribution >= 4 is 5.82 Å². The number of rotatable bonds is 4. The number of anilines is 1. The minimum atomic E-state index is 0.0450. The molecule has 0 radical (unpaired) electrons. The smallest absolute Gasteiger partial charge is 0.267 e. The average Bonchev–Trinajstić information content (AvgIpc) is 3.19. The van der Waals surface area contributed by atoms with Gasteiger partial charge in [-0.15, -0.1) is 5.10 Å². The number of aryl methyl sites for hydroxylation is 4. The van der Waals surface area contributed by atoms with Gasteiger partial charge < -0.3 is 4.90 Å². The summed E-state index contributed by atoms with van der Waals surface area (Å²) in [7, 11) is 0. The molecule has 1 saturated heterocycles. The average molecular weight is 380 g/mol. The van der Waals surface area contributed by atoms with Gasteiger partial charge in [0.15, 0.2) is 5.82 Å². The van der Waals surface area contributed by atoms with Gasteiger partial charge in [-0.1, -0.05) is 0 Å². The number of fused-ring (bicyclic) bond motifs is 2. The summed E-state index contributed by atoms with van der Waals surface area (Å²) < 4.78 is 1.66. The molecule has 2 aromatic rings. The molecule has 0 atom stereocenters. The standard InChI is InChI=1S/C21H28N6O/c28-21-15-17-5-3-7-19(17)24-27(21)13-10-25-8-11-26(12-9-25)20-14-16-4-1-2-6-18(16)22-23-20/h14-15H,1-13H2. The van der Waals surface area contributed by atoms with Gasteiger partial charge in [-0.25, -0.2) is 4.68 Å². The first-order chi connectivity index (χ1) is 13.8. The molecule has 3 heterocycles. The molecule has 0 amide bonds. The highest BCUT2D eigenvalue weighted by Crippen LogP contribution is 2.23. The monoisotopic (exact) mass is 380 g/mol. The second kappa shape index (κ2) is 7.62. The van der Waals surface area contributed by atoms with Gasteiger partial charge >= 0.3 is 0 Å². The third-order valence-electron chi connectivity index (χ3n) is 6.41. The molecular formula is C21H28N6O. The maximum absolute atomic E-state index is 12.3. The summed E-state index contributed by atoms with van der Waals surface area (Å²) in [4.78, 5) is 17.0. The van der Waals surface area contributed by atoms with E-state index < -0.39 is 0 Å². The fourth-order valence-electron chi connectivity index (χ4n) is 4.67. The number of aromatic nitrogens is 4. The maximum Gasteiger partial charge on any atom is 0.267 e. The molecule has 0 saturated carbocycles. The van der Waals surface area contributed by atoms with Crippen LogP contribution in [-0.2, 0) is 32.2 Å². The summed E-state index contributed by atoms with van der Waals surface area (Å²) in [5.74, 6) is 1.02. The quantitative estimate of drug-likeness (QED) is 0.795. The maximum atomic E-state index is 12.3. The molecule has 0 aromatic carbocycles. The van der Waals surface area contributed by atoms with Crippen molar-refractivity contribution in [1.82, 2.24) is 24.9 Å². The van der Waals surface area contributed by atoms with E-state index in [1.54, 1.807) is 10.7 Å². The lowest BCUT2D eigenvalue weighted by atomic mass is 9.97. The van der Waals surface area contributed by atoms with E-state index in [1.165, 1.54) is 24.1 Å². The highest BCUT2D eigenvalue weighted by molar-refractivity contribution is 5.42. The van der Waals surface area contributed by atoms with Crippen LogP contribution in [0.4, 0.5) is 5.82 Å². The zero-order valence-corrected chi connectivity index (χ0v) is 16.4. The summed E-state index contributed by atoms with van der Waals surface area (Å²) in [6, 6.07) is 4.05. The highest BCUT2D eigenvalue weighted by Gasteiger charge is 2.21. The molecular weight excluding hydrogens is 352 g/mol. The second-order valence-electron chi connectivity index (χ2n) is 8.24. The molecule has 3 aliphatic rings. The van der Waals surface area contributed by atoms with Crippen molar-refractivity contribution in [1.29, 1.82) is 0 Å². The van der Waals surface area contributed by atoms with Crippen molar-refractivity contribution in [2.24, 2.45) is 0 Å². The fourth-order valence-corrected chi connectivity index (χ4v) is 4.67. The Morgan fingerprint density at radius 1 is 0.786 bits per heavy atom. The molecule has 2 aliphatic carbocycles. The number of piperazine rings is 1. The normalized spacial score (nSPS) is 19.5. The van der Waals surface area contributed by atoms with Crippen LogP contribution in [0.2, 0.25) is 0 Å². The lowest BCUT2D eigenvalue weighted by Gasteiger charge is -2.35. The van der Waals surface area contributed by atoms with Gasteiger partial charge in [0.05, 0.1) is 17.9 Å². The van der Waals surface area contributed by atoms with E-state index in [0.29, 0.717) is 6.54 Å². The lowest BCUT2D eigenvalue weighted by Crippen LogP contribution is -2.48. The molecule has 1 aliphatic heterocycles. The third kappa shape index (κ3) is 3.55. The first-order valence-corrected chi connectivity index (χ1v) is 10.7. The van der Waals surface area contributed by atoms with E-state index in [-0.39, 0.29) is 5.56 Å². The van der Waals surface area contributed by atoms with E-state index in [1.807, 2.05) is 0 Å².